The molecule has 0 aromatic heterocycles. The van der Waals surface area contributed by atoms with Crippen LogP contribution in [0.1, 0.15) is 11.6 Å². The third kappa shape index (κ3) is 5.20. The van der Waals surface area contributed by atoms with Gasteiger partial charge in [-0.25, -0.2) is 9.38 Å². The molecule has 2 aromatic rings. The molecule has 0 bridgehead atoms. The number of ether oxygens (including phenoxy) is 1. The van der Waals surface area contributed by atoms with E-state index in [-0.39, 0.29) is 5.69 Å². The minimum atomic E-state index is -0.695. The monoisotopic (exact) mass is 480 g/mol. The molecule has 174 valence electrons. The second-order valence-corrected chi connectivity index (χ2v) is 7.97. The molecule has 0 radical (unpaired) electrons. The lowest BCUT2D eigenvalue weighted by atomic mass is 9.99. The summed E-state index contributed by atoms with van der Waals surface area (Å²) >= 11 is 6.42. The molecule has 10 heteroatoms. The molecule has 1 saturated heterocycles. The number of rotatable bonds is 5. The molecule has 0 aliphatic carbocycles. The SMILES string of the molecule is C=CC(=O)Nc1cc(C2N=C(Nc3ccc(Cl)c(N4CCOCC4)c3)NC=C2C#N)ccc1F. The number of carbonyl (C=O) groups is 1. The van der Waals surface area contributed by atoms with Gasteiger partial charge < -0.3 is 25.6 Å². The van der Waals surface area contributed by atoms with Crippen molar-refractivity contribution in [2.24, 2.45) is 4.99 Å². The Bertz CT molecular complexity index is 1220. The highest BCUT2D eigenvalue weighted by Gasteiger charge is 2.23. The highest BCUT2D eigenvalue weighted by molar-refractivity contribution is 6.33. The Labute approximate surface area is 201 Å². The maximum absolute atomic E-state index is 14.2. The minimum absolute atomic E-state index is 0.0178. The quantitative estimate of drug-likeness (QED) is 0.560. The second kappa shape index (κ2) is 10.4. The fourth-order valence-electron chi connectivity index (χ4n) is 3.64. The van der Waals surface area contributed by atoms with E-state index < -0.39 is 17.8 Å². The van der Waals surface area contributed by atoms with Crippen molar-refractivity contribution < 1.29 is 13.9 Å². The first-order valence-electron chi connectivity index (χ1n) is 10.5. The number of aliphatic imine (C=N–C) groups is 1. The fourth-order valence-corrected chi connectivity index (χ4v) is 3.88. The van der Waals surface area contributed by atoms with E-state index in [1.54, 1.807) is 12.3 Å². The second-order valence-electron chi connectivity index (χ2n) is 7.56. The molecule has 4 rings (SSSR count). The van der Waals surface area contributed by atoms with Gasteiger partial charge in [-0.2, -0.15) is 5.26 Å². The Hall–Kier alpha value is -3.87. The maximum Gasteiger partial charge on any atom is 0.247 e. The lowest BCUT2D eigenvalue weighted by Crippen LogP contribution is -2.36. The average Bonchev–Trinajstić information content (AvgIpc) is 2.87. The van der Waals surface area contributed by atoms with Crippen LogP contribution in [0.25, 0.3) is 0 Å². The molecule has 0 spiro atoms. The summed E-state index contributed by atoms with van der Waals surface area (Å²) in [5.41, 5.74) is 2.50. The Balaban J connectivity index is 1.60. The first-order valence-corrected chi connectivity index (χ1v) is 10.9. The van der Waals surface area contributed by atoms with E-state index in [1.807, 2.05) is 12.1 Å². The molecule has 2 aromatic carbocycles. The molecule has 1 fully saturated rings. The Morgan fingerprint density at radius 1 is 1.32 bits per heavy atom. The van der Waals surface area contributed by atoms with Gasteiger partial charge in [0.05, 0.1) is 41.3 Å². The van der Waals surface area contributed by atoms with Gasteiger partial charge in [-0.1, -0.05) is 24.2 Å². The van der Waals surface area contributed by atoms with Crippen molar-refractivity contribution >= 4 is 40.5 Å². The molecular formula is C24H22ClFN6O2. The summed E-state index contributed by atoms with van der Waals surface area (Å²) in [6.45, 7) is 6.14. The number of hydrogen-bond acceptors (Lipinski definition) is 7. The van der Waals surface area contributed by atoms with Crippen molar-refractivity contribution in [2.45, 2.75) is 6.04 Å². The van der Waals surface area contributed by atoms with E-state index in [0.29, 0.717) is 35.3 Å². The van der Waals surface area contributed by atoms with Crippen LogP contribution in [0, 0.1) is 17.1 Å². The van der Waals surface area contributed by atoms with Crippen LogP contribution < -0.4 is 20.9 Å². The number of nitrogens with zero attached hydrogens (tertiary/aromatic N) is 3. The molecule has 8 nitrogen and oxygen atoms in total. The Morgan fingerprint density at radius 2 is 2.12 bits per heavy atom. The fraction of sp³-hybridized carbons (Fsp3) is 0.208. The van der Waals surface area contributed by atoms with Crippen LogP contribution in [-0.2, 0) is 9.53 Å². The molecule has 1 amide bonds. The van der Waals surface area contributed by atoms with Crippen LogP contribution in [0.2, 0.25) is 5.02 Å². The molecule has 3 N–H and O–H groups in total. The van der Waals surface area contributed by atoms with Gasteiger partial charge in [-0.15, -0.1) is 0 Å². The molecule has 2 aliphatic rings. The topological polar surface area (TPSA) is 102 Å². The zero-order valence-electron chi connectivity index (χ0n) is 18.1. The van der Waals surface area contributed by atoms with Crippen molar-refractivity contribution in [1.29, 1.82) is 5.26 Å². The van der Waals surface area contributed by atoms with Gasteiger partial charge in [0.25, 0.3) is 0 Å². The van der Waals surface area contributed by atoms with E-state index in [9.17, 15) is 14.4 Å². The van der Waals surface area contributed by atoms with Crippen molar-refractivity contribution in [3.05, 3.63) is 77.2 Å². The zero-order chi connectivity index (χ0) is 24.1. The lowest BCUT2D eigenvalue weighted by molar-refractivity contribution is -0.111. The van der Waals surface area contributed by atoms with Gasteiger partial charge in [0.1, 0.15) is 11.9 Å². The van der Waals surface area contributed by atoms with Crippen LogP contribution in [0.3, 0.4) is 0 Å². The van der Waals surface area contributed by atoms with Crippen molar-refractivity contribution in [1.82, 2.24) is 5.32 Å². The third-order valence-electron chi connectivity index (χ3n) is 5.36. The number of halogens is 2. The molecule has 0 saturated carbocycles. The Morgan fingerprint density at radius 3 is 2.85 bits per heavy atom. The van der Waals surface area contributed by atoms with Crippen LogP contribution in [0.15, 0.2) is 65.8 Å². The summed E-state index contributed by atoms with van der Waals surface area (Å²) in [5.74, 6) is -0.739. The van der Waals surface area contributed by atoms with Gasteiger partial charge in [-0.3, -0.25) is 4.79 Å². The van der Waals surface area contributed by atoms with Gasteiger partial charge in [0.15, 0.2) is 0 Å². The van der Waals surface area contributed by atoms with Crippen LogP contribution >= 0.6 is 11.6 Å². The van der Waals surface area contributed by atoms with E-state index in [1.165, 1.54) is 18.2 Å². The van der Waals surface area contributed by atoms with Gasteiger partial charge >= 0.3 is 0 Å². The van der Waals surface area contributed by atoms with E-state index >= 15 is 0 Å². The number of guanidine groups is 1. The molecule has 34 heavy (non-hydrogen) atoms. The summed E-state index contributed by atoms with van der Waals surface area (Å²) < 4.78 is 19.6. The number of nitriles is 1. The van der Waals surface area contributed by atoms with Crippen molar-refractivity contribution in [3.63, 3.8) is 0 Å². The number of nitrogens with one attached hydrogen (secondary N) is 3. The van der Waals surface area contributed by atoms with E-state index in [0.717, 1.165) is 30.5 Å². The summed E-state index contributed by atoms with van der Waals surface area (Å²) in [5, 5.41) is 18.8. The Kier molecular flexibility index (Phi) is 7.11. The number of morpholine rings is 1. The smallest absolute Gasteiger partial charge is 0.247 e. The normalized spacial score (nSPS) is 17.6. The zero-order valence-corrected chi connectivity index (χ0v) is 18.9. The summed E-state index contributed by atoms with van der Waals surface area (Å²) in [6, 6.07) is 11.2. The largest absolute Gasteiger partial charge is 0.378 e. The third-order valence-corrected chi connectivity index (χ3v) is 5.68. The maximum atomic E-state index is 14.2. The first kappa shape index (κ1) is 23.3. The average molecular weight is 481 g/mol. The van der Waals surface area contributed by atoms with Gasteiger partial charge in [-0.05, 0) is 42.0 Å². The van der Waals surface area contributed by atoms with E-state index in [2.05, 4.69) is 38.5 Å². The highest BCUT2D eigenvalue weighted by atomic mass is 35.5. The standard InChI is InChI=1S/C24H22ClFN6O2/c1-2-22(33)30-20-11-15(3-6-19(20)26)23-16(13-27)14-28-24(31-23)29-17-4-5-18(25)21(12-17)32-7-9-34-10-8-32/h2-6,11-12,14,23H,1,7-10H2,(H,30,33)(H2,28,29,31). The summed E-state index contributed by atoms with van der Waals surface area (Å²) in [4.78, 5) is 18.4. The van der Waals surface area contributed by atoms with Crippen LogP contribution in [-0.4, -0.2) is 38.2 Å². The minimum Gasteiger partial charge on any atom is -0.378 e. The molecule has 1 atom stereocenters. The van der Waals surface area contributed by atoms with Crippen molar-refractivity contribution in [3.8, 4) is 6.07 Å². The number of amides is 1. The van der Waals surface area contributed by atoms with E-state index in [4.69, 9.17) is 16.3 Å². The summed E-state index contributed by atoms with van der Waals surface area (Å²) in [7, 11) is 0. The van der Waals surface area contributed by atoms with Crippen molar-refractivity contribution in [2.75, 3.05) is 41.8 Å². The predicted molar refractivity (Wildman–Crippen MR) is 130 cm³/mol. The van der Waals surface area contributed by atoms with Gasteiger partial charge in [0.2, 0.25) is 11.9 Å². The molecule has 2 aliphatic heterocycles. The molecule has 1 unspecified atom stereocenters. The highest BCUT2D eigenvalue weighted by Crippen LogP contribution is 2.32. The van der Waals surface area contributed by atoms with Gasteiger partial charge in [0, 0.05) is 25.0 Å². The van der Waals surface area contributed by atoms with Crippen LogP contribution in [0.5, 0.6) is 0 Å². The lowest BCUT2D eigenvalue weighted by Gasteiger charge is -2.30. The first-order chi connectivity index (χ1) is 16.5. The summed E-state index contributed by atoms with van der Waals surface area (Å²) in [6.07, 6.45) is 2.60. The number of carbonyl (C=O) groups excluding carboxylic acids is 1. The molecular weight excluding hydrogens is 459 g/mol. The number of hydrogen-bond donors (Lipinski definition) is 3. The van der Waals surface area contributed by atoms with Crippen LogP contribution in [0.4, 0.5) is 21.5 Å². The number of anilines is 3. The molecule has 2 heterocycles. The predicted octanol–water partition coefficient (Wildman–Crippen LogP) is 3.96. The number of benzene rings is 2.